The molecule has 0 saturated carbocycles. The lowest BCUT2D eigenvalue weighted by atomic mass is 10.1. The van der Waals surface area contributed by atoms with E-state index in [0.717, 1.165) is 43.3 Å². The van der Waals surface area contributed by atoms with Gasteiger partial charge in [-0.2, -0.15) is 0 Å². The fraction of sp³-hybridized carbons (Fsp3) is 0.409. The van der Waals surface area contributed by atoms with Crippen molar-refractivity contribution in [3.63, 3.8) is 0 Å². The first kappa shape index (κ1) is 21.9. The highest BCUT2D eigenvalue weighted by molar-refractivity contribution is 8.00. The summed E-state index contributed by atoms with van der Waals surface area (Å²) in [5.41, 5.74) is 1.72. The van der Waals surface area contributed by atoms with Crippen molar-refractivity contribution >= 4 is 34.5 Å². The van der Waals surface area contributed by atoms with Crippen LogP contribution in [0.5, 0.6) is 0 Å². The van der Waals surface area contributed by atoms with Crippen LogP contribution in [0.25, 0.3) is 11.0 Å². The topological polar surface area (TPSA) is 105 Å². The van der Waals surface area contributed by atoms with Crippen molar-refractivity contribution < 1.29 is 9.18 Å². The van der Waals surface area contributed by atoms with Crippen molar-refractivity contribution in [3.8, 4) is 0 Å². The summed E-state index contributed by atoms with van der Waals surface area (Å²) in [5, 5.41) is 6.97. The van der Waals surface area contributed by atoms with Gasteiger partial charge in [-0.15, -0.1) is 0 Å². The Morgan fingerprint density at radius 3 is 3.03 bits per heavy atom. The molecule has 2 aliphatic heterocycles. The van der Waals surface area contributed by atoms with Crippen molar-refractivity contribution in [3.05, 3.63) is 52.5 Å². The first-order valence-electron chi connectivity index (χ1n) is 10.9. The third-order valence-electron chi connectivity index (χ3n) is 5.94. The van der Waals surface area contributed by atoms with Crippen LogP contribution in [-0.4, -0.2) is 62.3 Å². The molecule has 33 heavy (non-hydrogen) atoms. The first-order valence-corrected chi connectivity index (χ1v) is 11.9. The molecule has 1 amide bonds. The molecule has 0 unspecified atom stereocenters. The minimum Gasteiger partial charge on any atom is -0.311 e. The highest BCUT2D eigenvalue weighted by Gasteiger charge is 2.23. The Bertz CT molecular complexity index is 1250. The van der Waals surface area contributed by atoms with Gasteiger partial charge in [0, 0.05) is 26.2 Å². The van der Waals surface area contributed by atoms with Crippen LogP contribution >= 0.6 is 11.8 Å². The number of hydrogen-bond acceptors (Lipinski definition) is 8. The standard InChI is InChI=1S/C22H24FN7O2S/c23-15-1-2-17-18(7-15)30(20(32)11-25-17)6-5-29-4-3-14(12-29)8-24-9-16-10-26-22-21(27-16)28-19(31)13-33-22/h1-2,7,10-11,14,24H,3-6,8-9,12-13H2,(H,27,28,31)/t14-/m0/s1. The maximum Gasteiger partial charge on any atom is 0.269 e. The van der Waals surface area contributed by atoms with E-state index in [9.17, 15) is 14.0 Å². The largest absolute Gasteiger partial charge is 0.311 e. The predicted octanol–water partition coefficient (Wildman–Crippen LogP) is 1.48. The van der Waals surface area contributed by atoms with Gasteiger partial charge < -0.3 is 20.1 Å². The number of fused-ring (bicyclic) bond motifs is 2. The quantitative estimate of drug-likeness (QED) is 0.536. The zero-order valence-corrected chi connectivity index (χ0v) is 18.8. The molecule has 3 aromatic rings. The van der Waals surface area contributed by atoms with Gasteiger partial charge in [-0.05, 0) is 43.6 Å². The Kier molecular flexibility index (Phi) is 6.34. The maximum absolute atomic E-state index is 13.7. The van der Waals surface area contributed by atoms with E-state index in [4.69, 9.17) is 0 Å². The molecule has 5 rings (SSSR count). The highest BCUT2D eigenvalue weighted by atomic mass is 32.2. The molecule has 1 fully saturated rings. The Morgan fingerprint density at radius 1 is 1.21 bits per heavy atom. The molecule has 1 aromatic carbocycles. The number of hydrogen-bond donors (Lipinski definition) is 2. The van der Waals surface area contributed by atoms with Crippen molar-refractivity contribution in [1.29, 1.82) is 0 Å². The highest BCUT2D eigenvalue weighted by Crippen LogP contribution is 2.27. The fourth-order valence-corrected chi connectivity index (χ4v) is 4.98. The van der Waals surface area contributed by atoms with Crippen molar-refractivity contribution in [2.24, 2.45) is 5.92 Å². The van der Waals surface area contributed by atoms with Crippen LogP contribution in [0.4, 0.5) is 10.2 Å². The number of thioether (sulfide) groups is 1. The van der Waals surface area contributed by atoms with E-state index in [1.54, 1.807) is 16.8 Å². The third kappa shape index (κ3) is 5.05. The Balaban J connectivity index is 1.12. The summed E-state index contributed by atoms with van der Waals surface area (Å²) < 4.78 is 15.3. The minimum atomic E-state index is -0.374. The number of carbonyl (C=O) groups excluding carboxylic acids is 1. The Morgan fingerprint density at radius 2 is 2.12 bits per heavy atom. The second-order valence-electron chi connectivity index (χ2n) is 8.32. The van der Waals surface area contributed by atoms with Crippen LogP contribution in [-0.2, 0) is 17.9 Å². The lowest BCUT2D eigenvalue weighted by molar-refractivity contribution is -0.113. The van der Waals surface area contributed by atoms with E-state index < -0.39 is 0 Å². The zero-order chi connectivity index (χ0) is 22.8. The number of benzene rings is 1. The molecule has 0 spiro atoms. The molecule has 2 aliphatic rings. The summed E-state index contributed by atoms with van der Waals surface area (Å²) in [5.74, 6) is 0.988. The number of likely N-dealkylation sites (tertiary alicyclic amines) is 1. The number of nitrogens with one attached hydrogen (secondary N) is 2. The number of halogens is 1. The van der Waals surface area contributed by atoms with E-state index in [2.05, 4.69) is 30.5 Å². The molecule has 9 nitrogen and oxygen atoms in total. The van der Waals surface area contributed by atoms with Gasteiger partial charge in [0.2, 0.25) is 5.91 Å². The molecular formula is C22H24FN7O2S. The lowest BCUT2D eigenvalue weighted by Gasteiger charge is -2.18. The van der Waals surface area contributed by atoms with Gasteiger partial charge in [0.25, 0.3) is 5.56 Å². The summed E-state index contributed by atoms with van der Waals surface area (Å²) in [6, 6.07) is 4.32. The molecule has 1 atom stereocenters. The number of rotatable bonds is 7. The van der Waals surface area contributed by atoms with Gasteiger partial charge in [0.05, 0.1) is 34.9 Å². The SMILES string of the molecule is O=C1CSc2ncc(CNC[C@@H]3CCN(CCn4c(=O)cnc5ccc(F)cc54)C3)nc2N1. The monoisotopic (exact) mass is 469 g/mol. The second-order valence-corrected chi connectivity index (χ2v) is 9.28. The summed E-state index contributed by atoms with van der Waals surface area (Å²) >= 11 is 1.40. The molecule has 1 saturated heterocycles. The normalized spacial score (nSPS) is 18.5. The number of anilines is 1. The second kappa shape index (κ2) is 9.54. The lowest BCUT2D eigenvalue weighted by Crippen LogP contribution is -2.31. The number of carbonyl (C=O) groups is 1. The smallest absolute Gasteiger partial charge is 0.269 e. The maximum atomic E-state index is 13.7. The molecule has 172 valence electrons. The molecular weight excluding hydrogens is 445 g/mol. The molecule has 4 heterocycles. The van der Waals surface area contributed by atoms with E-state index >= 15 is 0 Å². The number of amides is 1. The van der Waals surface area contributed by atoms with Gasteiger partial charge >= 0.3 is 0 Å². The van der Waals surface area contributed by atoms with Crippen LogP contribution in [0.2, 0.25) is 0 Å². The molecule has 0 aliphatic carbocycles. The van der Waals surface area contributed by atoms with E-state index in [-0.39, 0.29) is 17.3 Å². The molecule has 11 heteroatoms. The van der Waals surface area contributed by atoms with Gasteiger partial charge in [-0.25, -0.2) is 19.3 Å². The summed E-state index contributed by atoms with van der Waals surface area (Å²) in [6.45, 7) is 4.54. The first-order chi connectivity index (χ1) is 16.0. The molecule has 0 bridgehead atoms. The molecule has 2 N–H and O–H groups in total. The number of nitrogens with zero attached hydrogens (tertiary/aromatic N) is 5. The van der Waals surface area contributed by atoms with Crippen molar-refractivity contribution in [2.75, 3.05) is 37.2 Å². The van der Waals surface area contributed by atoms with Crippen LogP contribution < -0.4 is 16.2 Å². The average Bonchev–Trinajstić information content (AvgIpc) is 3.26. The Hall–Kier alpha value is -2.89. The number of aromatic nitrogens is 4. The van der Waals surface area contributed by atoms with Crippen molar-refractivity contribution in [1.82, 2.24) is 29.7 Å². The minimum absolute atomic E-state index is 0.0508. The van der Waals surface area contributed by atoms with Crippen LogP contribution in [0, 0.1) is 11.7 Å². The van der Waals surface area contributed by atoms with E-state index in [1.165, 1.54) is 30.1 Å². The summed E-state index contributed by atoms with van der Waals surface area (Å²) in [7, 11) is 0. The molecule has 2 aromatic heterocycles. The molecule has 0 radical (unpaired) electrons. The van der Waals surface area contributed by atoms with Gasteiger partial charge in [0.1, 0.15) is 10.8 Å². The predicted molar refractivity (Wildman–Crippen MR) is 124 cm³/mol. The van der Waals surface area contributed by atoms with Crippen LogP contribution in [0.1, 0.15) is 12.1 Å². The summed E-state index contributed by atoms with van der Waals surface area (Å²) in [6.07, 6.45) is 4.11. The van der Waals surface area contributed by atoms with Gasteiger partial charge in [0.15, 0.2) is 5.82 Å². The van der Waals surface area contributed by atoms with Crippen LogP contribution in [0.3, 0.4) is 0 Å². The Labute approximate surface area is 193 Å². The van der Waals surface area contributed by atoms with Crippen LogP contribution in [0.15, 0.2) is 40.4 Å². The third-order valence-corrected chi connectivity index (χ3v) is 6.92. The van der Waals surface area contributed by atoms with Gasteiger partial charge in [-0.1, -0.05) is 11.8 Å². The fourth-order valence-electron chi connectivity index (χ4n) is 4.28. The van der Waals surface area contributed by atoms with E-state index in [0.29, 0.717) is 41.6 Å². The van der Waals surface area contributed by atoms with Gasteiger partial charge in [-0.3, -0.25) is 9.59 Å². The van der Waals surface area contributed by atoms with E-state index in [1.807, 2.05) is 0 Å². The van der Waals surface area contributed by atoms with Crippen molar-refractivity contribution in [2.45, 2.75) is 24.5 Å². The summed E-state index contributed by atoms with van der Waals surface area (Å²) in [4.78, 5) is 39.2. The zero-order valence-electron chi connectivity index (χ0n) is 18.0. The average molecular weight is 470 g/mol.